The highest BCUT2D eigenvalue weighted by Crippen LogP contribution is 2.63. The van der Waals surface area contributed by atoms with E-state index in [0.717, 1.165) is 12.4 Å². The van der Waals surface area contributed by atoms with Crippen LogP contribution in [-0.2, 0) is 11.3 Å². The molecule has 1 fully saturated rings. The molecule has 0 amide bonds. The van der Waals surface area contributed by atoms with Crippen LogP contribution in [-0.4, -0.2) is 25.8 Å². The Morgan fingerprint density at radius 1 is 1.67 bits per heavy atom. The molecular formula is C10H15N3O2. The fourth-order valence-electron chi connectivity index (χ4n) is 2.34. The zero-order valence-electron chi connectivity index (χ0n) is 9.14. The van der Waals surface area contributed by atoms with E-state index in [0.29, 0.717) is 0 Å². The average Bonchev–Trinajstić information content (AvgIpc) is 2.58. The molecule has 0 radical (unpaired) electrons. The number of carbonyl (C=O) groups is 1. The third-order valence-corrected chi connectivity index (χ3v) is 3.32. The van der Waals surface area contributed by atoms with E-state index >= 15 is 0 Å². The second-order valence-corrected chi connectivity index (χ2v) is 4.55. The maximum Gasteiger partial charge on any atom is 0.307 e. The van der Waals surface area contributed by atoms with Crippen LogP contribution in [0.5, 0.6) is 0 Å². The van der Waals surface area contributed by atoms with Crippen LogP contribution >= 0.6 is 0 Å². The van der Waals surface area contributed by atoms with Crippen molar-refractivity contribution in [2.75, 3.05) is 0 Å². The van der Waals surface area contributed by atoms with Crippen molar-refractivity contribution in [1.29, 1.82) is 0 Å². The van der Waals surface area contributed by atoms with Crippen molar-refractivity contribution in [2.45, 2.75) is 33.2 Å². The quantitative estimate of drug-likeness (QED) is 0.810. The lowest BCUT2D eigenvalue weighted by molar-refractivity contribution is -0.139. The lowest BCUT2D eigenvalue weighted by Crippen LogP contribution is -2.05. The number of rotatable bonds is 3. The van der Waals surface area contributed by atoms with Crippen LogP contribution < -0.4 is 0 Å². The third kappa shape index (κ3) is 1.33. The molecular weight excluding hydrogens is 194 g/mol. The highest BCUT2D eigenvalue weighted by Gasteiger charge is 2.64. The minimum atomic E-state index is -0.740. The predicted molar refractivity (Wildman–Crippen MR) is 53.3 cm³/mol. The van der Waals surface area contributed by atoms with Crippen molar-refractivity contribution < 1.29 is 9.90 Å². The van der Waals surface area contributed by atoms with Gasteiger partial charge in [-0.15, -0.1) is 0 Å². The third-order valence-electron chi connectivity index (χ3n) is 3.32. The monoisotopic (exact) mass is 209 g/mol. The van der Waals surface area contributed by atoms with E-state index in [1.165, 1.54) is 6.33 Å². The summed E-state index contributed by atoms with van der Waals surface area (Å²) >= 11 is 0. The second kappa shape index (κ2) is 3.05. The Hall–Kier alpha value is -1.39. The van der Waals surface area contributed by atoms with Gasteiger partial charge in [0.15, 0.2) is 0 Å². The second-order valence-electron chi connectivity index (χ2n) is 4.55. The van der Waals surface area contributed by atoms with Gasteiger partial charge < -0.3 is 5.11 Å². The highest BCUT2D eigenvalue weighted by molar-refractivity contribution is 5.77. The van der Waals surface area contributed by atoms with E-state index in [4.69, 9.17) is 5.11 Å². The van der Waals surface area contributed by atoms with Crippen LogP contribution in [0, 0.1) is 11.3 Å². The molecule has 1 N–H and O–H groups in total. The molecule has 1 aromatic rings. The molecule has 0 aromatic carbocycles. The van der Waals surface area contributed by atoms with Crippen molar-refractivity contribution in [3.05, 3.63) is 12.2 Å². The highest BCUT2D eigenvalue weighted by atomic mass is 16.4. The number of aryl methyl sites for hydroxylation is 1. The van der Waals surface area contributed by atoms with E-state index in [9.17, 15) is 4.79 Å². The maximum atomic E-state index is 11.0. The van der Waals surface area contributed by atoms with Gasteiger partial charge >= 0.3 is 5.97 Å². The van der Waals surface area contributed by atoms with Crippen molar-refractivity contribution >= 4 is 5.97 Å². The van der Waals surface area contributed by atoms with E-state index in [2.05, 4.69) is 10.1 Å². The van der Waals surface area contributed by atoms with E-state index < -0.39 is 5.97 Å². The first kappa shape index (κ1) is 10.1. The molecule has 1 saturated carbocycles. The Morgan fingerprint density at radius 3 is 2.80 bits per heavy atom. The molecule has 2 rings (SSSR count). The Kier molecular flexibility index (Phi) is 2.06. The Bertz CT molecular complexity index is 397. The maximum absolute atomic E-state index is 11.0. The van der Waals surface area contributed by atoms with Crippen molar-refractivity contribution in [3.63, 3.8) is 0 Å². The largest absolute Gasteiger partial charge is 0.481 e. The van der Waals surface area contributed by atoms with Crippen LogP contribution in [0.2, 0.25) is 0 Å². The molecule has 0 aliphatic heterocycles. The first-order chi connectivity index (χ1) is 7.00. The number of aromatic nitrogens is 3. The predicted octanol–water partition coefficient (Wildman–Crippen LogP) is 1.12. The zero-order valence-corrected chi connectivity index (χ0v) is 9.14. The molecule has 0 spiro atoms. The van der Waals surface area contributed by atoms with Gasteiger partial charge in [0, 0.05) is 12.5 Å². The number of nitrogens with zero attached hydrogens (tertiary/aromatic N) is 3. The molecule has 5 heteroatoms. The van der Waals surface area contributed by atoms with Gasteiger partial charge in [-0.1, -0.05) is 13.8 Å². The fraction of sp³-hybridized carbons (Fsp3) is 0.700. The minimum Gasteiger partial charge on any atom is -0.481 e. The minimum absolute atomic E-state index is 0.00236. The van der Waals surface area contributed by atoms with Gasteiger partial charge in [-0.05, 0) is 12.3 Å². The fourth-order valence-corrected chi connectivity index (χ4v) is 2.34. The van der Waals surface area contributed by atoms with Gasteiger partial charge in [0.2, 0.25) is 0 Å². The molecule has 2 atom stereocenters. The van der Waals surface area contributed by atoms with Crippen LogP contribution in [0.25, 0.3) is 0 Å². The Balaban J connectivity index is 2.31. The normalized spacial score (nSPS) is 27.7. The van der Waals surface area contributed by atoms with Gasteiger partial charge in [0.05, 0.1) is 5.92 Å². The number of carboxylic acid groups (broad SMARTS) is 1. The molecule has 15 heavy (non-hydrogen) atoms. The smallest absolute Gasteiger partial charge is 0.307 e. The number of aliphatic carboxylic acids is 1. The summed E-state index contributed by atoms with van der Waals surface area (Å²) < 4.78 is 1.77. The zero-order chi connectivity index (χ0) is 11.2. The summed E-state index contributed by atoms with van der Waals surface area (Å²) in [5.74, 6) is -0.269. The van der Waals surface area contributed by atoms with Crippen molar-refractivity contribution in [2.24, 2.45) is 11.3 Å². The van der Waals surface area contributed by atoms with Gasteiger partial charge in [-0.25, -0.2) is 4.98 Å². The first-order valence-electron chi connectivity index (χ1n) is 5.10. The van der Waals surface area contributed by atoms with Gasteiger partial charge in [-0.3, -0.25) is 9.48 Å². The average molecular weight is 209 g/mol. The van der Waals surface area contributed by atoms with E-state index in [1.807, 2.05) is 20.8 Å². The Morgan fingerprint density at radius 2 is 2.33 bits per heavy atom. The van der Waals surface area contributed by atoms with Gasteiger partial charge in [0.25, 0.3) is 0 Å². The molecule has 1 aliphatic carbocycles. The summed E-state index contributed by atoms with van der Waals surface area (Å²) in [5, 5.41) is 13.1. The molecule has 1 aromatic heterocycles. The van der Waals surface area contributed by atoms with Crippen LogP contribution in [0.3, 0.4) is 0 Å². The van der Waals surface area contributed by atoms with Crippen LogP contribution in [0.4, 0.5) is 0 Å². The molecule has 5 nitrogen and oxygen atoms in total. The summed E-state index contributed by atoms with van der Waals surface area (Å²) in [6, 6.07) is 0. The lowest BCUT2D eigenvalue weighted by atomic mass is 10.1. The van der Waals surface area contributed by atoms with Gasteiger partial charge in [-0.2, -0.15) is 5.10 Å². The summed E-state index contributed by atoms with van der Waals surface area (Å²) in [6.07, 6.45) is 1.49. The standard InChI is InChI=1S/C10H15N3O2/c1-4-13-8(11-5-12-13)6-7(9(14)15)10(6,2)3/h5-7H,4H2,1-3H3,(H,14,15)/t6-,7-/m1/s1. The summed E-state index contributed by atoms with van der Waals surface area (Å²) in [7, 11) is 0. The van der Waals surface area contributed by atoms with Crippen LogP contribution in [0.1, 0.15) is 32.5 Å². The lowest BCUT2D eigenvalue weighted by Gasteiger charge is -2.03. The molecule has 82 valence electrons. The van der Waals surface area contributed by atoms with E-state index in [-0.39, 0.29) is 17.3 Å². The first-order valence-corrected chi connectivity index (χ1v) is 5.10. The van der Waals surface area contributed by atoms with E-state index in [1.54, 1.807) is 4.68 Å². The van der Waals surface area contributed by atoms with Crippen molar-refractivity contribution in [3.8, 4) is 0 Å². The molecule has 1 aliphatic rings. The summed E-state index contributed by atoms with van der Waals surface area (Å²) in [5.41, 5.74) is -0.203. The Labute approximate surface area is 88.1 Å². The number of carboxylic acids is 1. The number of hydrogen-bond acceptors (Lipinski definition) is 3. The molecule has 1 heterocycles. The SMILES string of the molecule is CCn1ncnc1[C@H]1[C@H](C(=O)O)C1(C)C. The number of hydrogen-bond donors (Lipinski definition) is 1. The summed E-state index contributed by atoms with van der Waals surface area (Å²) in [6.45, 7) is 6.63. The summed E-state index contributed by atoms with van der Waals surface area (Å²) in [4.78, 5) is 15.2. The molecule has 0 bridgehead atoms. The molecule has 0 unspecified atom stereocenters. The molecule has 0 saturated heterocycles. The van der Waals surface area contributed by atoms with Crippen LogP contribution in [0.15, 0.2) is 6.33 Å². The topological polar surface area (TPSA) is 68.0 Å². The van der Waals surface area contributed by atoms with Gasteiger partial charge in [0.1, 0.15) is 12.2 Å². The van der Waals surface area contributed by atoms with Crippen molar-refractivity contribution in [1.82, 2.24) is 14.8 Å².